The second-order valence-corrected chi connectivity index (χ2v) is 11.1. The van der Waals surface area contributed by atoms with Gasteiger partial charge >= 0.3 is 0 Å². The predicted octanol–water partition coefficient (Wildman–Crippen LogP) is 6.17. The van der Waals surface area contributed by atoms with Gasteiger partial charge in [0.2, 0.25) is 0 Å². The van der Waals surface area contributed by atoms with Crippen LogP contribution in [0.3, 0.4) is 0 Å². The van der Waals surface area contributed by atoms with E-state index in [0.717, 1.165) is 0 Å². The van der Waals surface area contributed by atoms with E-state index in [-0.39, 0.29) is 17.3 Å². The van der Waals surface area contributed by atoms with Crippen molar-refractivity contribution < 1.29 is 33.0 Å². The first kappa shape index (κ1) is 27.6. The molecule has 1 saturated heterocycles. The number of anilines is 1. The molecule has 0 radical (unpaired) electrons. The van der Waals surface area contributed by atoms with E-state index >= 15 is 0 Å². The van der Waals surface area contributed by atoms with Gasteiger partial charge < -0.3 is 19.1 Å². The topological polar surface area (TPSA) is 82.1 Å². The highest BCUT2D eigenvalue weighted by Gasteiger charge is 2.71. The minimum absolute atomic E-state index is 0.312. The van der Waals surface area contributed by atoms with Gasteiger partial charge in [0, 0.05) is 33.9 Å². The van der Waals surface area contributed by atoms with Crippen LogP contribution < -0.4 is 19.1 Å². The molecule has 2 heterocycles. The van der Waals surface area contributed by atoms with Crippen LogP contribution in [0.2, 0.25) is 0 Å². The molecule has 7 nitrogen and oxygen atoms in total. The number of carbonyl (C=O) groups is 3. The normalized spacial score (nSPS) is 20.7. The summed E-state index contributed by atoms with van der Waals surface area (Å²) in [5.74, 6) is -1.08. The number of Topliss-reactive ketones (excluding diaryl/α,β-unsaturated/α-hetero) is 3. The first-order chi connectivity index (χ1) is 21.3. The summed E-state index contributed by atoms with van der Waals surface area (Å²) in [6, 6.07) is 21.2. The third-order valence-corrected chi connectivity index (χ3v) is 9.16. The number of methoxy groups -OCH3 is 3. The smallest absolute Gasteiger partial charge is 0.186 e. The molecule has 0 N–H and O–H groups in total. The van der Waals surface area contributed by atoms with Crippen LogP contribution in [0.1, 0.15) is 48.1 Å². The summed E-state index contributed by atoms with van der Waals surface area (Å²) >= 11 is 0. The van der Waals surface area contributed by atoms with Crippen LogP contribution in [0.15, 0.2) is 91.0 Å². The van der Waals surface area contributed by atoms with Crippen LogP contribution in [0.25, 0.3) is 6.08 Å². The maximum absolute atomic E-state index is 14.9. The quantitative estimate of drug-likeness (QED) is 0.197. The Labute approximate surface area is 253 Å². The van der Waals surface area contributed by atoms with Crippen LogP contribution in [-0.2, 0) is 0 Å². The molecule has 4 aromatic carbocycles. The van der Waals surface area contributed by atoms with E-state index in [1.54, 1.807) is 84.9 Å². The second kappa shape index (κ2) is 10.2. The molecule has 4 aromatic rings. The van der Waals surface area contributed by atoms with E-state index in [0.29, 0.717) is 50.8 Å². The molecular formula is C36H28FNO6. The third-order valence-electron chi connectivity index (χ3n) is 9.16. The van der Waals surface area contributed by atoms with Crippen LogP contribution in [0, 0.1) is 11.2 Å². The van der Waals surface area contributed by atoms with Gasteiger partial charge in [0.25, 0.3) is 0 Å². The van der Waals surface area contributed by atoms with Crippen molar-refractivity contribution in [2.24, 2.45) is 5.41 Å². The molecule has 0 bridgehead atoms. The Bertz CT molecular complexity index is 1860. The van der Waals surface area contributed by atoms with Crippen LogP contribution >= 0.6 is 0 Å². The van der Waals surface area contributed by atoms with Gasteiger partial charge in [0.05, 0.1) is 27.4 Å². The molecule has 1 fully saturated rings. The van der Waals surface area contributed by atoms with E-state index in [9.17, 15) is 18.8 Å². The Hall–Kier alpha value is -5.24. The van der Waals surface area contributed by atoms with Crippen LogP contribution in [0.5, 0.6) is 17.2 Å². The molecule has 8 heteroatoms. The maximum atomic E-state index is 14.9. The lowest BCUT2D eigenvalue weighted by Crippen LogP contribution is -2.48. The number of hydrogen-bond donors (Lipinski definition) is 0. The largest absolute Gasteiger partial charge is 0.497 e. The van der Waals surface area contributed by atoms with Crippen LogP contribution in [0.4, 0.5) is 10.1 Å². The van der Waals surface area contributed by atoms with Gasteiger partial charge in [0.1, 0.15) is 23.0 Å². The molecule has 2 aliphatic heterocycles. The van der Waals surface area contributed by atoms with Crippen molar-refractivity contribution in [2.75, 3.05) is 26.2 Å². The molecule has 0 amide bonds. The van der Waals surface area contributed by atoms with Gasteiger partial charge in [0.15, 0.2) is 28.8 Å². The minimum atomic E-state index is -1.70. The first-order valence-corrected chi connectivity index (χ1v) is 14.2. The van der Waals surface area contributed by atoms with E-state index in [1.807, 2.05) is 4.90 Å². The fourth-order valence-electron chi connectivity index (χ4n) is 7.31. The molecule has 1 spiro atoms. The highest BCUT2D eigenvalue weighted by atomic mass is 19.1. The second-order valence-electron chi connectivity index (χ2n) is 11.1. The van der Waals surface area contributed by atoms with E-state index in [1.165, 1.54) is 33.5 Å². The molecule has 0 unspecified atom stereocenters. The Morgan fingerprint density at radius 1 is 0.795 bits per heavy atom. The van der Waals surface area contributed by atoms with Crippen molar-refractivity contribution in [1.82, 2.24) is 0 Å². The zero-order valence-corrected chi connectivity index (χ0v) is 24.2. The Morgan fingerprint density at radius 2 is 1.52 bits per heavy atom. The number of benzene rings is 4. The highest BCUT2D eigenvalue weighted by molar-refractivity contribution is 6.32. The Kier molecular flexibility index (Phi) is 6.39. The fraction of sp³-hybridized carbons (Fsp3) is 0.194. The summed E-state index contributed by atoms with van der Waals surface area (Å²) in [6.07, 6.45) is 3.49. The minimum Gasteiger partial charge on any atom is -0.497 e. The first-order valence-electron chi connectivity index (χ1n) is 14.2. The zero-order valence-electron chi connectivity index (χ0n) is 24.2. The number of ketones is 3. The van der Waals surface area contributed by atoms with Crippen molar-refractivity contribution in [3.05, 3.63) is 125 Å². The molecule has 3 atom stereocenters. The Morgan fingerprint density at radius 3 is 2.20 bits per heavy atom. The van der Waals surface area contributed by atoms with Gasteiger partial charge in [-0.1, -0.05) is 54.6 Å². The van der Waals surface area contributed by atoms with Crippen molar-refractivity contribution in [3.8, 4) is 17.2 Å². The summed E-state index contributed by atoms with van der Waals surface area (Å²) < 4.78 is 31.0. The average molecular weight is 590 g/mol. The molecule has 7 rings (SSSR count). The molecule has 3 aliphatic rings. The van der Waals surface area contributed by atoms with Crippen LogP contribution in [-0.4, -0.2) is 50.8 Å². The zero-order chi connectivity index (χ0) is 30.7. The van der Waals surface area contributed by atoms with E-state index in [4.69, 9.17) is 14.2 Å². The molecule has 44 heavy (non-hydrogen) atoms. The number of ether oxygens (including phenoxy) is 3. The fourth-order valence-corrected chi connectivity index (χ4v) is 7.31. The highest BCUT2D eigenvalue weighted by Crippen LogP contribution is 2.61. The van der Waals surface area contributed by atoms with Gasteiger partial charge in [-0.3, -0.25) is 14.4 Å². The lowest BCUT2D eigenvalue weighted by atomic mass is 9.64. The van der Waals surface area contributed by atoms with Gasteiger partial charge in [-0.25, -0.2) is 4.39 Å². The monoisotopic (exact) mass is 589 g/mol. The number of fused-ring (bicyclic) bond motifs is 5. The lowest BCUT2D eigenvalue weighted by molar-refractivity contribution is 0.0665. The van der Waals surface area contributed by atoms with E-state index in [2.05, 4.69) is 0 Å². The summed E-state index contributed by atoms with van der Waals surface area (Å²) in [6.45, 7) is 0. The average Bonchev–Trinajstić information content (AvgIpc) is 3.49. The number of carbonyl (C=O) groups excluding carboxylic acids is 3. The predicted molar refractivity (Wildman–Crippen MR) is 163 cm³/mol. The van der Waals surface area contributed by atoms with Crippen molar-refractivity contribution in [3.63, 3.8) is 0 Å². The summed E-state index contributed by atoms with van der Waals surface area (Å²) in [4.78, 5) is 46.3. The molecule has 0 saturated carbocycles. The van der Waals surface area contributed by atoms with Crippen molar-refractivity contribution in [2.45, 2.75) is 18.0 Å². The number of rotatable bonds is 6. The lowest BCUT2D eigenvalue weighted by Gasteiger charge is -2.37. The number of halogens is 1. The van der Waals surface area contributed by atoms with Crippen molar-refractivity contribution in [1.29, 1.82) is 0 Å². The molecule has 220 valence electrons. The molecule has 1 aliphatic carbocycles. The Balaban J connectivity index is 1.55. The molecule has 0 aromatic heterocycles. The standard InChI is InChI=1S/C36H28FNO6/c1-42-24-8-6-7-22(18-24)33(39)32-31(21-11-15-28(43-2)29(19-21)44-3)36(34(40)25-9-4-5-10-26(25)35(36)41)30-16-12-20-17-23(37)13-14-27(20)38(30)32/h4-19,30-32H,1-3H3/t30-,31-,32-/m0/s1. The van der Waals surface area contributed by atoms with Crippen molar-refractivity contribution >= 4 is 29.1 Å². The SMILES string of the molecule is COc1cccc(C(=O)[C@@H]2[C@H](c3ccc(OC)c(OC)c3)C3(C(=O)c4ccccc4C3=O)[C@@H]3C=Cc4cc(F)ccc4N23)c1. The number of nitrogens with zero attached hydrogens (tertiary/aromatic N) is 1. The number of hydrogen-bond acceptors (Lipinski definition) is 7. The summed E-state index contributed by atoms with van der Waals surface area (Å²) in [5.41, 5.74) is 0.938. The molecular weight excluding hydrogens is 561 g/mol. The van der Waals surface area contributed by atoms with Gasteiger partial charge in [-0.2, -0.15) is 0 Å². The van der Waals surface area contributed by atoms with E-state index < -0.39 is 29.2 Å². The summed E-state index contributed by atoms with van der Waals surface area (Å²) in [5, 5.41) is 0. The third kappa shape index (κ3) is 3.70. The van der Waals surface area contributed by atoms with Gasteiger partial charge in [-0.05, 0) is 48.0 Å². The van der Waals surface area contributed by atoms with Gasteiger partial charge in [-0.15, -0.1) is 0 Å². The summed E-state index contributed by atoms with van der Waals surface area (Å²) in [7, 11) is 4.54. The maximum Gasteiger partial charge on any atom is 0.186 e.